The Morgan fingerprint density at radius 1 is 1.21 bits per heavy atom. The van der Waals surface area contributed by atoms with Crippen LogP contribution in [0.2, 0.25) is 0 Å². The number of aryl methyl sites for hydroxylation is 1. The van der Waals surface area contributed by atoms with Gasteiger partial charge in [0.05, 0.1) is 10.9 Å². The van der Waals surface area contributed by atoms with Gasteiger partial charge in [-0.3, -0.25) is 4.79 Å². The summed E-state index contributed by atoms with van der Waals surface area (Å²) in [6.45, 7) is 3.88. The maximum atomic E-state index is 12.1. The van der Waals surface area contributed by atoms with Crippen molar-refractivity contribution in [1.82, 2.24) is 9.62 Å². The molecule has 7 heteroatoms. The fourth-order valence-corrected chi connectivity index (χ4v) is 3.87. The van der Waals surface area contributed by atoms with Crippen LogP contribution in [0.3, 0.4) is 0 Å². The molecule has 1 unspecified atom stereocenters. The van der Waals surface area contributed by atoms with E-state index in [1.807, 2.05) is 11.8 Å². The minimum atomic E-state index is -3.46. The molecule has 134 valence electrons. The highest BCUT2D eigenvalue weighted by molar-refractivity contribution is 7.89. The number of nitrogens with two attached hydrogens (primary N) is 1. The minimum absolute atomic E-state index is 0.0211. The monoisotopic (exact) mass is 353 g/mol. The van der Waals surface area contributed by atoms with Gasteiger partial charge in [-0.25, -0.2) is 13.1 Å². The third-order valence-corrected chi connectivity index (χ3v) is 5.78. The number of unbranched alkanes of at least 4 members (excludes halogenated alkanes) is 1. The third-order valence-electron chi connectivity index (χ3n) is 4.30. The van der Waals surface area contributed by atoms with Crippen molar-refractivity contribution < 1.29 is 13.2 Å². The summed E-state index contributed by atoms with van der Waals surface area (Å²) in [6.07, 6.45) is 4.07. The summed E-state index contributed by atoms with van der Waals surface area (Å²) < 4.78 is 26.8. The largest absolute Gasteiger partial charge is 0.341 e. The highest BCUT2D eigenvalue weighted by atomic mass is 32.2. The number of amides is 1. The van der Waals surface area contributed by atoms with E-state index in [1.54, 1.807) is 24.3 Å². The SMILES string of the molecule is Cc1ccc(S(=O)(=O)NCCCCC(N)C(=O)N2CCCC2)cc1. The fourth-order valence-electron chi connectivity index (χ4n) is 2.79. The molecule has 0 aliphatic carbocycles. The number of sulfonamides is 1. The van der Waals surface area contributed by atoms with Crippen LogP contribution in [0.4, 0.5) is 0 Å². The molecule has 1 atom stereocenters. The van der Waals surface area contributed by atoms with Crippen LogP contribution >= 0.6 is 0 Å². The maximum Gasteiger partial charge on any atom is 0.240 e. The molecule has 3 N–H and O–H groups in total. The predicted molar refractivity (Wildman–Crippen MR) is 94.0 cm³/mol. The van der Waals surface area contributed by atoms with Crippen LogP contribution in [0, 0.1) is 6.92 Å². The van der Waals surface area contributed by atoms with Gasteiger partial charge in [-0.1, -0.05) is 24.1 Å². The van der Waals surface area contributed by atoms with Crippen LogP contribution in [0.25, 0.3) is 0 Å². The number of nitrogens with zero attached hydrogens (tertiary/aromatic N) is 1. The Kier molecular flexibility index (Phi) is 6.77. The van der Waals surface area contributed by atoms with Crippen molar-refractivity contribution in [2.75, 3.05) is 19.6 Å². The second-order valence-electron chi connectivity index (χ2n) is 6.35. The summed E-state index contributed by atoms with van der Waals surface area (Å²) in [6, 6.07) is 6.27. The highest BCUT2D eigenvalue weighted by Crippen LogP contribution is 2.12. The average Bonchev–Trinajstić information content (AvgIpc) is 3.08. The summed E-state index contributed by atoms with van der Waals surface area (Å²) in [4.78, 5) is 14.2. The zero-order valence-electron chi connectivity index (χ0n) is 14.2. The van der Waals surface area contributed by atoms with Gasteiger partial charge in [0.25, 0.3) is 0 Å². The van der Waals surface area contributed by atoms with Crippen LogP contribution in [0.5, 0.6) is 0 Å². The van der Waals surface area contributed by atoms with Crippen molar-refractivity contribution >= 4 is 15.9 Å². The lowest BCUT2D eigenvalue weighted by Crippen LogP contribution is -2.42. The van der Waals surface area contributed by atoms with E-state index >= 15 is 0 Å². The lowest BCUT2D eigenvalue weighted by Gasteiger charge is -2.20. The molecule has 6 nitrogen and oxygen atoms in total. The first-order valence-corrected chi connectivity index (χ1v) is 9.99. The molecule has 2 rings (SSSR count). The zero-order valence-corrected chi connectivity index (χ0v) is 15.0. The molecule has 1 amide bonds. The number of likely N-dealkylation sites (tertiary alicyclic amines) is 1. The smallest absolute Gasteiger partial charge is 0.240 e. The number of carbonyl (C=O) groups excluding carboxylic acids is 1. The summed E-state index contributed by atoms with van der Waals surface area (Å²) in [7, 11) is -3.46. The second kappa shape index (κ2) is 8.60. The van der Waals surface area contributed by atoms with Crippen LogP contribution in [-0.4, -0.2) is 44.9 Å². The first-order valence-electron chi connectivity index (χ1n) is 8.51. The molecule has 24 heavy (non-hydrogen) atoms. The quantitative estimate of drug-likeness (QED) is 0.691. The van der Waals surface area contributed by atoms with Crippen LogP contribution < -0.4 is 10.5 Å². The highest BCUT2D eigenvalue weighted by Gasteiger charge is 2.23. The summed E-state index contributed by atoms with van der Waals surface area (Å²) in [5.74, 6) is 0.0211. The average molecular weight is 353 g/mol. The van der Waals surface area contributed by atoms with E-state index in [1.165, 1.54) is 0 Å². The standard InChI is InChI=1S/C17H27N3O3S/c1-14-7-9-15(10-8-14)24(22,23)19-11-3-2-6-16(18)17(21)20-12-4-5-13-20/h7-10,16,19H,2-6,11-13,18H2,1H3. The molecule has 0 saturated carbocycles. The molecule has 1 saturated heterocycles. The Morgan fingerprint density at radius 2 is 1.83 bits per heavy atom. The van der Waals surface area contributed by atoms with E-state index in [2.05, 4.69) is 4.72 Å². The Hall–Kier alpha value is -1.44. The third kappa shape index (κ3) is 5.29. The second-order valence-corrected chi connectivity index (χ2v) is 8.11. The first-order chi connectivity index (χ1) is 11.4. The Balaban J connectivity index is 1.68. The lowest BCUT2D eigenvalue weighted by molar-refractivity contribution is -0.131. The van der Waals surface area contributed by atoms with Gasteiger partial charge >= 0.3 is 0 Å². The normalized spacial score (nSPS) is 16.3. The van der Waals surface area contributed by atoms with Gasteiger partial charge in [-0.2, -0.15) is 0 Å². The summed E-state index contributed by atoms with van der Waals surface area (Å²) in [5, 5.41) is 0. The van der Waals surface area contributed by atoms with Gasteiger partial charge in [0.2, 0.25) is 15.9 Å². The summed E-state index contributed by atoms with van der Waals surface area (Å²) >= 11 is 0. The Labute approximate surface area is 144 Å². The molecule has 0 radical (unpaired) electrons. The minimum Gasteiger partial charge on any atom is -0.341 e. The lowest BCUT2D eigenvalue weighted by atomic mass is 10.1. The Bertz CT molecular complexity index is 638. The number of benzene rings is 1. The molecular weight excluding hydrogens is 326 g/mol. The Morgan fingerprint density at radius 3 is 2.46 bits per heavy atom. The number of carbonyl (C=O) groups is 1. The number of nitrogens with one attached hydrogen (secondary N) is 1. The summed E-state index contributed by atoms with van der Waals surface area (Å²) in [5.41, 5.74) is 6.96. The molecule has 1 aromatic carbocycles. The molecule has 1 aliphatic rings. The van der Waals surface area contributed by atoms with Gasteiger partial charge in [-0.15, -0.1) is 0 Å². The van der Waals surface area contributed by atoms with Crippen molar-refractivity contribution in [2.24, 2.45) is 5.73 Å². The van der Waals surface area contributed by atoms with Gasteiger partial charge in [0, 0.05) is 19.6 Å². The maximum absolute atomic E-state index is 12.1. The van der Waals surface area contributed by atoms with Gasteiger partial charge in [0.1, 0.15) is 0 Å². The van der Waals surface area contributed by atoms with Crippen molar-refractivity contribution in [1.29, 1.82) is 0 Å². The van der Waals surface area contributed by atoms with Crippen LogP contribution in [0.1, 0.15) is 37.7 Å². The van der Waals surface area contributed by atoms with E-state index in [9.17, 15) is 13.2 Å². The molecule has 0 spiro atoms. The number of hydrogen-bond acceptors (Lipinski definition) is 4. The molecule has 0 aromatic heterocycles. The van der Waals surface area contributed by atoms with E-state index in [0.29, 0.717) is 19.4 Å². The predicted octanol–water partition coefficient (Wildman–Crippen LogP) is 1.39. The van der Waals surface area contributed by atoms with Crippen molar-refractivity contribution in [3.8, 4) is 0 Å². The van der Waals surface area contributed by atoms with E-state index in [0.717, 1.165) is 37.9 Å². The first kappa shape index (κ1) is 18.9. The van der Waals surface area contributed by atoms with Gasteiger partial charge in [0.15, 0.2) is 0 Å². The van der Waals surface area contributed by atoms with Crippen LogP contribution in [-0.2, 0) is 14.8 Å². The van der Waals surface area contributed by atoms with Crippen molar-refractivity contribution in [3.63, 3.8) is 0 Å². The van der Waals surface area contributed by atoms with E-state index in [-0.39, 0.29) is 10.8 Å². The molecular formula is C17H27N3O3S. The van der Waals surface area contributed by atoms with Crippen LogP contribution in [0.15, 0.2) is 29.2 Å². The van der Waals surface area contributed by atoms with Crippen molar-refractivity contribution in [2.45, 2.75) is 50.0 Å². The van der Waals surface area contributed by atoms with Crippen molar-refractivity contribution in [3.05, 3.63) is 29.8 Å². The topological polar surface area (TPSA) is 92.5 Å². The zero-order chi connectivity index (χ0) is 17.6. The molecule has 1 aliphatic heterocycles. The number of rotatable bonds is 8. The number of hydrogen-bond donors (Lipinski definition) is 2. The molecule has 1 aromatic rings. The molecule has 1 heterocycles. The fraction of sp³-hybridized carbons (Fsp3) is 0.588. The van der Waals surface area contributed by atoms with Gasteiger partial charge < -0.3 is 10.6 Å². The molecule has 0 bridgehead atoms. The van der Waals surface area contributed by atoms with Gasteiger partial charge in [-0.05, 0) is 44.7 Å². The van der Waals surface area contributed by atoms with E-state index in [4.69, 9.17) is 5.73 Å². The van der Waals surface area contributed by atoms with E-state index < -0.39 is 16.1 Å². The molecule has 1 fully saturated rings.